The maximum Gasteiger partial charge on any atom is 0.0952 e. The van der Waals surface area contributed by atoms with Gasteiger partial charge in [0.2, 0.25) is 0 Å². The molecule has 1 aromatic carbocycles. The third kappa shape index (κ3) is 3.16. The smallest absolute Gasteiger partial charge is 0.0952 e. The van der Waals surface area contributed by atoms with Crippen molar-refractivity contribution in [2.45, 2.75) is 32.5 Å². The van der Waals surface area contributed by atoms with Crippen LogP contribution in [0.1, 0.15) is 38.1 Å². The lowest BCUT2D eigenvalue weighted by Gasteiger charge is -2.21. The molecule has 0 fully saturated rings. The molecule has 0 saturated heterocycles. The first-order valence-corrected chi connectivity index (χ1v) is 7.24. The van der Waals surface area contributed by atoms with Crippen molar-refractivity contribution in [3.8, 4) is 11.1 Å². The molecule has 1 unspecified atom stereocenters. The molecule has 2 aromatic rings. The van der Waals surface area contributed by atoms with E-state index in [9.17, 15) is 10.2 Å². The van der Waals surface area contributed by atoms with Crippen LogP contribution in [0.15, 0.2) is 24.4 Å². The van der Waals surface area contributed by atoms with E-state index in [1.807, 2.05) is 0 Å². The lowest BCUT2D eigenvalue weighted by atomic mass is 9.93. The molecule has 0 radical (unpaired) electrons. The van der Waals surface area contributed by atoms with Gasteiger partial charge in [-0.3, -0.25) is 4.98 Å². The highest BCUT2D eigenvalue weighted by molar-refractivity contribution is 6.33. The zero-order valence-corrected chi connectivity index (χ0v) is 13.5. The molecule has 6 N–H and O–H groups in total. The molecule has 118 valence electrons. The number of nitrogens with two attached hydrogens (primary N) is 2. The Morgan fingerprint density at radius 3 is 2.32 bits per heavy atom. The molecule has 0 bridgehead atoms. The summed E-state index contributed by atoms with van der Waals surface area (Å²) in [6.07, 6.45) is 0.843. The monoisotopic (exact) mass is 321 g/mol. The molecule has 0 saturated carbocycles. The lowest BCUT2D eigenvalue weighted by molar-refractivity contribution is 0.0794. The molecule has 0 amide bonds. The molecule has 1 atom stereocenters. The van der Waals surface area contributed by atoms with Gasteiger partial charge < -0.3 is 21.7 Å². The molecular weight excluding hydrogens is 302 g/mol. The van der Waals surface area contributed by atoms with Crippen LogP contribution in [-0.2, 0) is 5.60 Å². The van der Waals surface area contributed by atoms with Gasteiger partial charge in [0.15, 0.2) is 0 Å². The molecule has 1 heterocycles. The number of hydrogen-bond donors (Lipinski definition) is 4. The number of nitrogen functional groups attached to an aromatic ring is 2. The second kappa shape index (κ2) is 5.76. The van der Waals surface area contributed by atoms with Crippen LogP contribution in [0.2, 0.25) is 5.02 Å². The quantitative estimate of drug-likeness (QED) is 0.650. The number of aliphatic hydroxyl groups excluding tert-OH is 1. The average molecular weight is 322 g/mol. The predicted octanol–water partition coefficient (Wildman–Crippen LogP) is 2.85. The number of rotatable bonds is 3. The van der Waals surface area contributed by atoms with E-state index in [1.165, 1.54) is 0 Å². The van der Waals surface area contributed by atoms with E-state index in [0.29, 0.717) is 38.8 Å². The molecule has 0 aliphatic rings. The van der Waals surface area contributed by atoms with Gasteiger partial charge in [-0.15, -0.1) is 0 Å². The van der Waals surface area contributed by atoms with Crippen LogP contribution in [0.25, 0.3) is 11.1 Å². The number of hydrogen-bond acceptors (Lipinski definition) is 5. The number of halogens is 1. The van der Waals surface area contributed by atoms with Crippen LogP contribution >= 0.6 is 11.6 Å². The average Bonchev–Trinajstić information content (AvgIpc) is 2.39. The summed E-state index contributed by atoms with van der Waals surface area (Å²) >= 11 is 6.31. The Morgan fingerprint density at radius 1 is 1.18 bits per heavy atom. The molecule has 0 aliphatic carbocycles. The van der Waals surface area contributed by atoms with E-state index in [-0.39, 0.29) is 0 Å². The first-order chi connectivity index (χ1) is 10.1. The number of benzene rings is 1. The van der Waals surface area contributed by atoms with Gasteiger partial charge in [0.25, 0.3) is 0 Å². The minimum Gasteiger partial charge on any atom is -0.398 e. The SMILES string of the molecule is CC(O)c1ncc(-c2cc(N)c(C(C)(C)O)cc2Cl)cc1N. The lowest BCUT2D eigenvalue weighted by Crippen LogP contribution is -2.17. The highest BCUT2D eigenvalue weighted by Crippen LogP contribution is 2.37. The molecule has 5 nitrogen and oxygen atoms in total. The Kier molecular flexibility index (Phi) is 4.33. The van der Waals surface area contributed by atoms with Crippen molar-refractivity contribution in [2.75, 3.05) is 11.5 Å². The molecule has 1 aromatic heterocycles. The van der Waals surface area contributed by atoms with Gasteiger partial charge in [0, 0.05) is 33.6 Å². The van der Waals surface area contributed by atoms with Crippen molar-refractivity contribution < 1.29 is 10.2 Å². The molecular formula is C16H20ClN3O2. The zero-order chi connectivity index (χ0) is 16.7. The Balaban J connectivity index is 2.55. The topological polar surface area (TPSA) is 105 Å². The van der Waals surface area contributed by atoms with E-state index in [4.69, 9.17) is 23.1 Å². The number of pyridine rings is 1. The third-order valence-electron chi connectivity index (χ3n) is 3.45. The maximum atomic E-state index is 10.1. The Labute approximate surface area is 134 Å². The molecule has 0 aliphatic heterocycles. The van der Waals surface area contributed by atoms with Crippen LogP contribution in [0.4, 0.5) is 11.4 Å². The van der Waals surface area contributed by atoms with Crippen LogP contribution in [0.5, 0.6) is 0 Å². The first-order valence-electron chi connectivity index (χ1n) is 6.87. The second-order valence-corrected chi connectivity index (χ2v) is 6.26. The van der Waals surface area contributed by atoms with Crippen LogP contribution in [0, 0.1) is 0 Å². The fourth-order valence-electron chi connectivity index (χ4n) is 2.33. The zero-order valence-electron chi connectivity index (χ0n) is 12.8. The number of nitrogens with zero attached hydrogens (tertiary/aromatic N) is 1. The van der Waals surface area contributed by atoms with Crippen molar-refractivity contribution in [3.05, 3.63) is 40.7 Å². The first kappa shape index (κ1) is 16.5. The highest BCUT2D eigenvalue weighted by atomic mass is 35.5. The largest absolute Gasteiger partial charge is 0.398 e. The second-order valence-electron chi connectivity index (χ2n) is 5.85. The Morgan fingerprint density at radius 2 is 1.82 bits per heavy atom. The van der Waals surface area contributed by atoms with Crippen molar-refractivity contribution in [3.63, 3.8) is 0 Å². The number of aliphatic hydroxyl groups is 2. The van der Waals surface area contributed by atoms with Crippen molar-refractivity contribution in [1.82, 2.24) is 4.98 Å². The summed E-state index contributed by atoms with van der Waals surface area (Å²) in [7, 11) is 0. The van der Waals surface area contributed by atoms with Crippen LogP contribution in [0.3, 0.4) is 0 Å². The Bertz CT molecular complexity index is 709. The minimum absolute atomic E-state index is 0.383. The van der Waals surface area contributed by atoms with Gasteiger partial charge in [-0.05, 0) is 39.0 Å². The molecule has 6 heteroatoms. The van der Waals surface area contributed by atoms with Crippen molar-refractivity contribution in [2.24, 2.45) is 0 Å². The predicted molar refractivity (Wildman–Crippen MR) is 89.4 cm³/mol. The maximum absolute atomic E-state index is 10.1. The van der Waals surface area contributed by atoms with Crippen LogP contribution in [-0.4, -0.2) is 15.2 Å². The number of aromatic nitrogens is 1. The summed E-state index contributed by atoms with van der Waals surface area (Å²) in [6, 6.07) is 5.03. The van der Waals surface area contributed by atoms with Gasteiger partial charge in [-0.1, -0.05) is 11.6 Å². The summed E-state index contributed by atoms with van der Waals surface area (Å²) in [5.41, 5.74) is 14.0. The molecule has 2 rings (SSSR count). The van der Waals surface area contributed by atoms with E-state index < -0.39 is 11.7 Å². The van der Waals surface area contributed by atoms with Crippen LogP contribution < -0.4 is 11.5 Å². The highest BCUT2D eigenvalue weighted by Gasteiger charge is 2.21. The van der Waals surface area contributed by atoms with E-state index in [2.05, 4.69) is 4.98 Å². The van der Waals surface area contributed by atoms with E-state index in [0.717, 1.165) is 0 Å². The van der Waals surface area contributed by atoms with Gasteiger partial charge >= 0.3 is 0 Å². The number of anilines is 2. The summed E-state index contributed by atoms with van der Waals surface area (Å²) < 4.78 is 0. The minimum atomic E-state index is -1.08. The van der Waals surface area contributed by atoms with E-state index >= 15 is 0 Å². The Hall–Kier alpha value is -1.82. The van der Waals surface area contributed by atoms with Gasteiger partial charge in [0.05, 0.1) is 23.1 Å². The fourth-order valence-corrected chi connectivity index (χ4v) is 2.60. The molecule has 22 heavy (non-hydrogen) atoms. The third-order valence-corrected chi connectivity index (χ3v) is 3.77. The normalized spacial score (nSPS) is 13.2. The fraction of sp³-hybridized carbons (Fsp3) is 0.312. The summed E-state index contributed by atoms with van der Waals surface area (Å²) in [5.74, 6) is 0. The molecule has 0 spiro atoms. The van der Waals surface area contributed by atoms with Gasteiger partial charge in [0.1, 0.15) is 0 Å². The summed E-state index contributed by atoms with van der Waals surface area (Å²) in [4.78, 5) is 4.17. The van der Waals surface area contributed by atoms with Gasteiger partial charge in [-0.25, -0.2) is 0 Å². The summed E-state index contributed by atoms with van der Waals surface area (Å²) in [6.45, 7) is 4.89. The van der Waals surface area contributed by atoms with Crippen molar-refractivity contribution in [1.29, 1.82) is 0 Å². The van der Waals surface area contributed by atoms with Crippen molar-refractivity contribution >= 4 is 23.0 Å². The van der Waals surface area contributed by atoms with E-state index in [1.54, 1.807) is 45.2 Å². The van der Waals surface area contributed by atoms with Gasteiger partial charge in [-0.2, -0.15) is 0 Å². The summed E-state index contributed by atoms with van der Waals surface area (Å²) in [5, 5.41) is 20.1. The standard InChI is InChI=1S/C16H20ClN3O2/c1-8(21)15-14(19)4-9(7-20-15)10-5-13(18)11(6-12(10)17)16(2,3)22/h4-8,21-22H,18-19H2,1-3H3.